The molecule has 0 bridgehead atoms. The summed E-state index contributed by atoms with van der Waals surface area (Å²) in [7, 11) is -1.62. The second-order valence-corrected chi connectivity index (χ2v) is 8.99. The minimum atomic E-state index is -3.71. The number of aromatic nitrogens is 1. The van der Waals surface area contributed by atoms with E-state index in [4.69, 9.17) is 4.52 Å². The molecule has 0 spiro atoms. The van der Waals surface area contributed by atoms with Gasteiger partial charge in [0.05, 0.1) is 11.7 Å². The van der Waals surface area contributed by atoms with Gasteiger partial charge in [0.1, 0.15) is 5.69 Å². The number of rotatable bonds is 2. The van der Waals surface area contributed by atoms with Gasteiger partial charge in [0.25, 0.3) is 10.0 Å². The second kappa shape index (κ2) is 5.57. The molecule has 2 atom stereocenters. The smallest absolute Gasteiger partial charge is 0.270 e. The van der Waals surface area contributed by atoms with E-state index in [2.05, 4.69) is 23.2 Å². The van der Waals surface area contributed by atoms with Crippen LogP contribution in [-0.4, -0.2) is 44.7 Å². The number of aryl methyl sites for hydroxylation is 3. The number of hydrogen-bond donors (Lipinski definition) is 0. The normalized spacial score (nSPS) is 23.6. The van der Waals surface area contributed by atoms with Crippen LogP contribution in [0.2, 0.25) is 0 Å². The highest BCUT2D eigenvalue weighted by Crippen LogP contribution is 2.47. The summed E-state index contributed by atoms with van der Waals surface area (Å²) >= 11 is 0. The molecular formula is C18H23N3O3S. The van der Waals surface area contributed by atoms with Gasteiger partial charge in [-0.05, 0) is 52.4 Å². The molecule has 7 heteroatoms. The Morgan fingerprint density at radius 3 is 2.68 bits per heavy atom. The molecular weight excluding hydrogens is 338 g/mol. The number of likely N-dealkylation sites (N-methyl/N-ethyl adjacent to an activating group) is 1. The van der Waals surface area contributed by atoms with Crippen molar-refractivity contribution in [2.24, 2.45) is 0 Å². The monoisotopic (exact) mass is 361 g/mol. The molecule has 1 aromatic carbocycles. The number of nitrogens with zero attached hydrogens (tertiary/aromatic N) is 3. The summed E-state index contributed by atoms with van der Waals surface area (Å²) in [6.07, 6.45) is 0.817. The summed E-state index contributed by atoms with van der Waals surface area (Å²) in [5.74, 6) is 0.548. The lowest BCUT2D eigenvalue weighted by Crippen LogP contribution is -2.47. The van der Waals surface area contributed by atoms with Gasteiger partial charge in [0.2, 0.25) is 0 Å². The number of likely N-dealkylation sites (tertiary alicyclic amines) is 1. The molecule has 2 aliphatic rings. The van der Waals surface area contributed by atoms with Gasteiger partial charge in [0.15, 0.2) is 10.7 Å². The third kappa shape index (κ3) is 2.40. The average molecular weight is 361 g/mol. The van der Waals surface area contributed by atoms with Crippen molar-refractivity contribution < 1.29 is 12.9 Å². The first-order chi connectivity index (χ1) is 11.8. The summed E-state index contributed by atoms with van der Waals surface area (Å²) in [5.41, 5.74) is 3.51. The first-order valence-electron chi connectivity index (χ1n) is 8.57. The zero-order valence-electron chi connectivity index (χ0n) is 15.0. The minimum Gasteiger partial charge on any atom is -0.360 e. The lowest BCUT2D eigenvalue weighted by atomic mass is 9.89. The summed E-state index contributed by atoms with van der Waals surface area (Å²) in [6, 6.07) is 6.01. The quantitative estimate of drug-likeness (QED) is 0.822. The summed E-state index contributed by atoms with van der Waals surface area (Å²) in [6.45, 7) is 7.15. The molecule has 0 saturated carbocycles. The predicted octanol–water partition coefficient (Wildman–Crippen LogP) is 2.60. The lowest BCUT2D eigenvalue weighted by molar-refractivity contribution is 0.237. The topological polar surface area (TPSA) is 66.7 Å². The minimum absolute atomic E-state index is 0.0494. The molecule has 3 heterocycles. The molecule has 2 aliphatic heterocycles. The largest absolute Gasteiger partial charge is 0.360 e. The van der Waals surface area contributed by atoms with Gasteiger partial charge in [-0.3, -0.25) is 4.31 Å². The maximum absolute atomic E-state index is 13.5. The summed E-state index contributed by atoms with van der Waals surface area (Å²) in [5, 5.41) is 3.85. The number of hydrogen-bond acceptors (Lipinski definition) is 5. The van der Waals surface area contributed by atoms with E-state index in [1.54, 1.807) is 18.2 Å². The third-order valence-electron chi connectivity index (χ3n) is 5.39. The Kier molecular flexibility index (Phi) is 3.70. The van der Waals surface area contributed by atoms with Crippen LogP contribution in [0, 0.1) is 20.8 Å². The van der Waals surface area contributed by atoms with Crippen molar-refractivity contribution in [3.05, 3.63) is 40.8 Å². The van der Waals surface area contributed by atoms with Gasteiger partial charge >= 0.3 is 0 Å². The average Bonchev–Trinajstić information content (AvgIpc) is 3.05. The van der Waals surface area contributed by atoms with E-state index in [-0.39, 0.29) is 16.9 Å². The summed E-state index contributed by atoms with van der Waals surface area (Å²) in [4.78, 5) is 2.48. The van der Waals surface area contributed by atoms with Crippen molar-refractivity contribution in [2.75, 3.05) is 24.4 Å². The van der Waals surface area contributed by atoms with Gasteiger partial charge in [0, 0.05) is 12.5 Å². The van der Waals surface area contributed by atoms with E-state index in [0.29, 0.717) is 11.5 Å². The first-order valence-corrected chi connectivity index (χ1v) is 10.0. The Labute approximate surface area is 148 Å². The van der Waals surface area contributed by atoms with Crippen LogP contribution < -0.4 is 4.31 Å². The second-order valence-electron chi connectivity index (χ2n) is 7.24. The van der Waals surface area contributed by atoms with E-state index in [9.17, 15) is 8.42 Å². The van der Waals surface area contributed by atoms with Crippen LogP contribution >= 0.6 is 0 Å². The highest BCUT2D eigenvalue weighted by molar-refractivity contribution is 7.93. The molecule has 1 aromatic heterocycles. The van der Waals surface area contributed by atoms with Crippen LogP contribution in [0.3, 0.4) is 0 Å². The van der Waals surface area contributed by atoms with Crippen molar-refractivity contribution in [1.82, 2.24) is 10.1 Å². The van der Waals surface area contributed by atoms with Crippen molar-refractivity contribution in [2.45, 2.75) is 44.0 Å². The van der Waals surface area contributed by atoms with Crippen LogP contribution in [0.4, 0.5) is 5.69 Å². The Morgan fingerprint density at radius 2 is 2.00 bits per heavy atom. The molecule has 6 nitrogen and oxygen atoms in total. The molecule has 0 N–H and O–H groups in total. The maximum Gasteiger partial charge on any atom is 0.270 e. The van der Waals surface area contributed by atoms with E-state index < -0.39 is 10.0 Å². The fourth-order valence-electron chi connectivity index (χ4n) is 4.29. The van der Waals surface area contributed by atoms with Gasteiger partial charge in [-0.1, -0.05) is 22.9 Å². The fourth-order valence-corrected chi connectivity index (χ4v) is 6.33. The predicted molar refractivity (Wildman–Crippen MR) is 95.5 cm³/mol. The number of sulfonamides is 1. The number of piperidine rings is 1. The molecule has 0 radical (unpaired) electrons. The Bertz CT molecular complexity index is 916. The van der Waals surface area contributed by atoms with E-state index in [1.807, 2.05) is 19.1 Å². The Balaban J connectivity index is 1.90. The van der Waals surface area contributed by atoms with E-state index >= 15 is 0 Å². The highest BCUT2D eigenvalue weighted by atomic mass is 32.2. The van der Waals surface area contributed by atoms with Crippen molar-refractivity contribution in [3.63, 3.8) is 0 Å². The zero-order valence-corrected chi connectivity index (χ0v) is 15.8. The van der Waals surface area contributed by atoms with Crippen LogP contribution in [0.5, 0.6) is 0 Å². The van der Waals surface area contributed by atoms with Crippen LogP contribution in [-0.2, 0) is 10.0 Å². The van der Waals surface area contributed by atoms with Crippen LogP contribution in [0.1, 0.15) is 34.9 Å². The molecule has 2 aromatic rings. The fraction of sp³-hybridized carbons (Fsp3) is 0.500. The molecule has 1 fully saturated rings. The summed E-state index contributed by atoms with van der Waals surface area (Å²) < 4.78 is 33.8. The van der Waals surface area contributed by atoms with Gasteiger partial charge in [-0.2, -0.15) is 0 Å². The van der Waals surface area contributed by atoms with Gasteiger partial charge in [-0.15, -0.1) is 0 Å². The van der Waals surface area contributed by atoms with Crippen LogP contribution in [0.25, 0.3) is 0 Å². The van der Waals surface area contributed by atoms with E-state index in [1.165, 1.54) is 0 Å². The molecule has 25 heavy (non-hydrogen) atoms. The molecule has 1 saturated heterocycles. The molecule has 2 unspecified atom stereocenters. The van der Waals surface area contributed by atoms with Crippen molar-refractivity contribution in [3.8, 4) is 0 Å². The standard InChI is InChI=1S/C18H23N3O3S/c1-11-5-6-16-14(9-11)15-10-20(4)8-7-17(15)21(16)25(22,23)18-12(2)19-24-13(18)3/h5-6,9,15,17H,7-8,10H2,1-4H3. The number of fused-ring (bicyclic) bond motifs is 3. The van der Waals surface area contributed by atoms with Gasteiger partial charge in [-0.25, -0.2) is 8.42 Å². The SMILES string of the molecule is Cc1ccc2c(c1)C1CN(C)CCC1N2S(=O)(=O)c1c(C)noc1C. The van der Waals surface area contributed by atoms with Crippen molar-refractivity contribution >= 4 is 15.7 Å². The van der Waals surface area contributed by atoms with Crippen LogP contribution in [0.15, 0.2) is 27.6 Å². The Hall–Kier alpha value is -1.86. The molecule has 134 valence electrons. The lowest BCUT2D eigenvalue weighted by Gasteiger charge is -2.36. The number of benzene rings is 1. The molecule has 4 rings (SSSR count). The number of anilines is 1. The highest BCUT2D eigenvalue weighted by Gasteiger charge is 2.47. The van der Waals surface area contributed by atoms with E-state index in [0.717, 1.165) is 36.3 Å². The van der Waals surface area contributed by atoms with Gasteiger partial charge < -0.3 is 9.42 Å². The van der Waals surface area contributed by atoms with Crippen molar-refractivity contribution in [1.29, 1.82) is 0 Å². The zero-order chi connectivity index (χ0) is 17.9. The molecule has 0 aliphatic carbocycles. The maximum atomic E-state index is 13.5. The first kappa shape index (κ1) is 16.6. The Morgan fingerprint density at radius 1 is 1.24 bits per heavy atom. The third-order valence-corrected chi connectivity index (χ3v) is 7.47. The molecule has 0 amide bonds.